The Bertz CT molecular complexity index is 815. The van der Waals surface area contributed by atoms with Gasteiger partial charge < -0.3 is 15.5 Å². The third kappa shape index (κ3) is 9.01. The van der Waals surface area contributed by atoms with Crippen LogP contribution in [0, 0.1) is 5.92 Å². The Balaban J connectivity index is 0.000000425. The number of amides is 1. The molecule has 1 aromatic rings. The van der Waals surface area contributed by atoms with Gasteiger partial charge in [-0.3, -0.25) is 4.79 Å². The van der Waals surface area contributed by atoms with E-state index in [9.17, 15) is 31.1 Å². The quantitative estimate of drug-likeness (QED) is 0.305. The summed E-state index contributed by atoms with van der Waals surface area (Å²) < 4.78 is 77.7. The SMILES string of the molecule is C=C(NCC1CCC(NCC)CC1)c1cc(C(F)(F)F)cc(C(F)(F)F)c1.CCC1CCCN1C=O. The summed E-state index contributed by atoms with van der Waals surface area (Å²) >= 11 is 0. The number of nitrogens with zero attached hydrogens (tertiary/aromatic N) is 1. The molecule has 1 saturated carbocycles. The summed E-state index contributed by atoms with van der Waals surface area (Å²) in [4.78, 5) is 12.2. The topological polar surface area (TPSA) is 44.4 Å². The summed E-state index contributed by atoms with van der Waals surface area (Å²) in [6.45, 7) is 10.2. The second-order valence-corrected chi connectivity index (χ2v) is 9.48. The molecule has 3 rings (SSSR count). The lowest BCUT2D eigenvalue weighted by Crippen LogP contribution is -2.35. The van der Waals surface area contributed by atoms with Crippen LogP contribution in [0.3, 0.4) is 0 Å². The van der Waals surface area contributed by atoms with E-state index < -0.39 is 23.5 Å². The number of carbonyl (C=O) groups is 1. The van der Waals surface area contributed by atoms with E-state index in [2.05, 4.69) is 24.1 Å². The van der Waals surface area contributed by atoms with Crippen LogP contribution in [0.15, 0.2) is 24.8 Å². The molecule has 0 aromatic heterocycles. The first-order valence-corrected chi connectivity index (χ1v) is 12.6. The van der Waals surface area contributed by atoms with E-state index in [0.717, 1.165) is 51.6 Å². The molecule has 1 saturated heterocycles. The number of benzene rings is 1. The van der Waals surface area contributed by atoms with Crippen molar-refractivity contribution in [2.45, 2.75) is 83.2 Å². The number of nitrogens with one attached hydrogen (secondary N) is 2. The minimum atomic E-state index is -4.86. The monoisotopic (exact) mass is 521 g/mol. The predicted octanol–water partition coefficient (Wildman–Crippen LogP) is 6.47. The summed E-state index contributed by atoms with van der Waals surface area (Å²) in [5.41, 5.74) is -2.79. The van der Waals surface area contributed by atoms with Crippen LogP contribution in [-0.2, 0) is 17.1 Å². The Morgan fingerprint density at radius 3 is 2.03 bits per heavy atom. The number of hydrogen-bond donors (Lipinski definition) is 2. The molecule has 1 aliphatic carbocycles. The van der Waals surface area contributed by atoms with Gasteiger partial charge in [0.05, 0.1) is 11.1 Å². The number of likely N-dealkylation sites (tertiary alicyclic amines) is 1. The molecule has 2 fully saturated rings. The highest BCUT2D eigenvalue weighted by Gasteiger charge is 2.37. The average molecular weight is 522 g/mol. The third-order valence-electron chi connectivity index (χ3n) is 6.91. The highest BCUT2D eigenvalue weighted by atomic mass is 19.4. The van der Waals surface area contributed by atoms with Gasteiger partial charge in [0.1, 0.15) is 0 Å². The van der Waals surface area contributed by atoms with Crippen LogP contribution < -0.4 is 10.6 Å². The first kappa shape index (κ1) is 30.0. The fourth-order valence-corrected chi connectivity index (χ4v) is 4.79. The van der Waals surface area contributed by atoms with Gasteiger partial charge in [0.15, 0.2) is 0 Å². The van der Waals surface area contributed by atoms with Crippen molar-refractivity contribution >= 4 is 12.1 Å². The predicted molar refractivity (Wildman–Crippen MR) is 129 cm³/mol. The number of carbonyl (C=O) groups excluding carboxylic acids is 1. The zero-order chi connectivity index (χ0) is 26.9. The van der Waals surface area contributed by atoms with Crippen LogP contribution in [0.1, 0.15) is 75.5 Å². The summed E-state index contributed by atoms with van der Waals surface area (Å²) in [6.07, 6.45) is -1.32. The molecule has 2 N–H and O–H groups in total. The molecule has 0 bridgehead atoms. The summed E-state index contributed by atoms with van der Waals surface area (Å²) in [7, 11) is 0. The zero-order valence-corrected chi connectivity index (χ0v) is 20.9. The standard InChI is InChI=1S/C19H24F6N2.C7H13NO/c1-3-26-17-6-4-13(5-7-17)11-27-12(2)14-8-15(18(20,21)22)10-16(9-14)19(23,24)25;1-2-7-4-3-5-8(7)6-9/h8-10,13,17,26-27H,2-7,11H2,1H3;6-7H,2-5H2,1H3. The number of rotatable bonds is 8. The fourth-order valence-electron chi connectivity index (χ4n) is 4.79. The molecule has 1 heterocycles. The highest BCUT2D eigenvalue weighted by Crippen LogP contribution is 2.37. The maximum atomic E-state index is 13.0. The van der Waals surface area contributed by atoms with Gasteiger partial charge in [-0.1, -0.05) is 20.4 Å². The van der Waals surface area contributed by atoms with Crippen molar-refractivity contribution in [2.24, 2.45) is 5.92 Å². The lowest BCUT2D eigenvalue weighted by atomic mass is 9.86. The number of alkyl halides is 6. The summed E-state index contributed by atoms with van der Waals surface area (Å²) in [5, 5.41) is 6.31. The number of hydrogen-bond acceptors (Lipinski definition) is 3. The second kappa shape index (κ2) is 13.4. The van der Waals surface area contributed by atoms with Gasteiger partial charge in [-0.05, 0) is 81.2 Å². The van der Waals surface area contributed by atoms with Crippen molar-refractivity contribution in [1.82, 2.24) is 15.5 Å². The molecule has 36 heavy (non-hydrogen) atoms. The van der Waals surface area contributed by atoms with Gasteiger partial charge in [0.25, 0.3) is 0 Å². The molecule has 1 aliphatic heterocycles. The van der Waals surface area contributed by atoms with Gasteiger partial charge in [-0.25, -0.2) is 0 Å². The lowest BCUT2D eigenvalue weighted by Gasteiger charge is -2.29. The Morgan fingerprint density at radius 2 is 1.58 bits per heavy atom. The van der Waals surface area contributed by atoms with Crippen molar-refractivity contribution in [3.63, 3.8) is 0 Å². The molecule has 1 amide bonds. The maximum absolute atomic E-state index is 13.0. The van der Waals surface area contributed by atoms with Crippen molar-refractivity contribution in [3.8, 4) is 0 Å². The average Bonchev–Trinajstić information content (AvgIpc) is 3.30. The molecule has 204 valence electrons. The summed E-state index contributed by atoms with van der Waals surface area (Å²) in [5.74, 6) is 0.324. The lowest BCUT2D eigenvalue weighted by molar-refractivity contribution is -0.143. The first-order valence-electron chi connectivity index (χ1n) is 12.6. The molecule has 0 radical (unpaired) electrons. The van der Waals surface area contributed by atoms with E-state index >= 15 is 0 Å². The largest absolute Gasteiger partial charge is 0.416 e. The van der Waals surface area contributed by atoms with E-state index in [1.165, 1.54) is 12.8 Å². The molecule has 1 aromatic carbocycles. The molecular formula is C26H37F6N3O. The first-order chi connectivity index (χ1) is 16.9. The van der Waals surface area contributed by atoms with Crippen LogP contribution in [0.2, 0.25) is 0 Å². The highest BCUT2D eigenvalue weighted by molar-refractivity contribution is 5.63. The van der Waals surface area contributed by atoms with E-state index in [1.807, 2.05) is 11.8 Å². The third-order valence-corrected chi connectivity index (χ3v) is 6.91. The van der Waals surface area contributed by atoms with Gasteiger partial charge in [0, 0.05) is 30.9 Å². The van der Waals surface area contributed by atoms with Gasteiger partial charge in [-0.15, -0.1) is 0 Å². The molecule has 0 spiro atoms. The Labute approximate surface area is 209 Å². The van der Waals surface area contributed by atoms with Crippen LogP contribution in [0.5, 0.6) is 0 Å². The molecule has 1 atom stereocenters. The zero-order valence-electron chi connectivity index (χ0n) is 20.9. The van der Waals surface area contributed by atoms with E-state index in [-0.39, 0.29) is 17.3 Å². The molecule has 10 heteroatoms. The van der Waals surface area contributed by atoms with Crippen LogP contribution >= 0.6 is 0 Å². The molecule has 2 aliphatic rings. The minimum absolute atomic E-state index is 0.0698. The normalized spacial score (nSPS) is 22.6. The maximum Gasteiger partial charge on any atom is 0.416 e. The fraction of sp³-hybridized carbons (Fsp3) is 0.654. The molecule has 4 nitrogen and oxygen atoms in total. The van der Waals surface area contributed by atoms with E-state index in [4.69, 9.17) is 0 Å². The van der Waals surface area contributed by atoms with Crippen LogP contribution in [-0.4, -0.2) is 43.0 Å². The number of halogens is 6. The van der Waals surface area contributed by atoms with E-state index in [0.29, 0.717) is 36.7 Å². The van der Waals surface area contributed by atoms with Gasteiger partial charge in [-0.2, -0.15) is 26.3 Å². The second-order valence-electron chi connectivity index (χ2n) is 9.48. The van der Waals surface area contributed by atoms with Crippen molar-refractivity contribution in [1.29, 1.82) is 0 Å². The van der Waals surface area contributed by atoms with Crippen LogP contribution in [0.4, 0.5) is 26.3 Å². The Kier molecular flexibility index (Phi) is 11.1. The van der Waals surface area contributed by atoms with Gasteiger partial charge in [0.2, 0.25) is 6.41 Å². The van der Waals surface area contributed by atoms with Crippen molar-refractivity contribution in [2.75, 3.05) is 19.6 Å². The Morgan fingerprint density at radius 1 is 1.00 bits per heavy atom. The smallest absolute Gasteiger partial charge is 0.385 e. The molecule has 1 unspecified atom stereocenters. The van der Waals surface area contributed by atoms with Gasteiger partial charge >= 0.3 is 12.4 Å². The van der Waals surface area contributed by atoms with Crippen molar-refractivity contribution in [3.05, 3.63) is 41.5 Å². The Hall–Kier alpha value is -2.23. The van der Waals surface area contributed by atoms with Crippen molar-refractivity contribution < 1.29 is 31.1 Å². The molecular weight excluding hydrogens is 484 g/mol. The van der Waals surface area contributed by atoms with Crippen LogP contribution in [0.25, 0.3) is 5.70 Å². The summed E-state index contributed by atoms with van der Waals surface area (Å²) in [6, 6.07) is 2.55. The minimum Gasteiger partial charge on any atom is -0.385 e. The van der Waals surface area contributed by atoms with E-state index in [1.54, 1.807) is 0 Å².